The van der Waals surface area contributed by atoms with E-state index >= 15 is 0 Å². The molecule has 1 saturated heterocycles. The fourth-order valence-electron chi connectivity index (χ4n) is 2.33. The van der Waals surface area contributed by atoms with E-state index in [-0.39, 0.29) is 0 Å². The van der Waals surface area contributed by atoms with Crippen molar-refractivity contribution in [3.63, 3.8) is 0 Å². The third-order valence-electron chi connectivity index (χ3n) is 3.22. The lowest BCUT2D eigenvalue weighted by Gasteiger charge is -2.27. The highest BCUT2D eigenvalue weighted by molar-refractivity contribution is 7.99. The average molecular weight is 259 g/mol. The SMILES string of the molecule is CCNC(CSCC(C)C)CC1CCOCC1. The zero-order chi connectivity index (χ0) is 12.5. The van der Waals surface area contributed by atoms with E-state index in [0.717, 1.165) is 31.6 Å². The minimum Gasteiger partial charge on any atom is -0.381 e. The molecule has 1 unspecified atom stereocenters. The van der Waals surface area contributed by atoms with E-state index in [9.17, 15) is 0 Å². The topological polar surface area (TPSA) is 21.3 Å². The lowest BCUT2D eigenvalue weighted by Crippen LogP contribution is -2.34. The summed E-state index contributed by atoms with van der Waals surface area (Å²) < 4.78 is 5.43. The van der Waals surface area contributed by atoms with Gasteiger partial charge in [-0.15, -0.1) is 0 Å². The Bertz CT molecular complexity index is 181. The molecule has 0 aliphatic carbocycles. The van der Waals surface area contributed by atoms with Crippen molar-refractivity contribution < 1.29 is 4.74 Å². The van der Waals surface area contributed by atoms with Gasteiger partial charge < -0.3 is 10.1 Å². The van der Waals surface area contributed by atoms with Crippen LogP contribution in [0.5, 0.6) is 0 Å². The Labute approximate surface area is 111 Å². The van der Waals surface area contributed by atoms with Crippen LogP contribution in [0.3, 0.4) is 0 Å². The standard InChI is InChI=1S/C14H29NOS/c1-4-15-14(11-17-10-12(2)3)9-13-5-7-16-8-6-13/h12-15H,4-11H2,1-3H3. The Morgan fingerprint density at radius 3 is 2.53 bits per heavy atom. The van der Waals surface area contributed by atoms with Crippen molar-refractivity contribution in [2.24, 2.45) is 11.8 Å². The van der Waals surface area contributed by atoms with Crippen LogP contribution in [-0.2, 0) is 4.74 Å². The van der Waals surface area contributed by atoms with Crippen molar-refractivity contribution >= 4 is 11.8 Å². The van der Waals surface area contributed by atoms with Gasteiger partial charge in [0, 0.05) is 25.0 Å². The Hall–Kier alpha value is 0.270. The zero-order valence-electron chi connectivity index (χ0n) is 11.7. The lowest BCUT2D eigenvalue weighted by atomic mass is 9.93. The Morgan fingerprint density at radius 1 is 1.24 bits per heavy atom. The Kier molecular flexibility index (Phi) is 8.33. The van der Waals surface area contributed by atoms with Crippen molar-refractivity contribution in [1.29, 1.82) is 0 Å². The molecule has 3 heteroatoms. The predicted molar refractivity (Wildman–Crippen MR) is 77.8 cm³/mol. The Balaban J connectivity index is 2.21. The molecule has 1 fully saturated rings. The summed E-state index contributed by atoms with van der Waals surface area (Å²) in [6, 6.07) is 0.701. The van der Waals surface area contributed by atoms with Crippen molar-refractivity contribution in [1.82, 2.24) is 5.32 Å². The van der Waals surface area contributed by atoms with Gasteiger partial charge in [-0.3, -0.25) is 0 Å². The highest BCUT2D eigenvalue weighted by atomic mass is 32.2. The number of thioether (sulfide) groups is 1. The number of nitrogens with one attached hydrogen (secondary N) is 1. The van der Waals surface area contributed by atoms with Gasteiger partial charge in [0.2, 0.25) is 0 Å². The summed E-state index contributed by atoms with van der Waals surface area (Å²) in [5.74, 6) is 4.25. The largest absolute Gasteiger partial charge is 0.381 e. The molecule has 0 aromatic carbocycles. The van der Waals surface area contributed by atoms with Crippen LogP contribution >= 0.6 is 11.8 Å². The molecule has 1 N–H and O–H groups in total. The second-order valence-electron chi connectivity index (χ2n) is 5.48. The van der Waals surface area contributed by atoms with E-state index in [1.54, 1.807) is 0 Å². The molecular formula is C14H29NOS. The molecule has 0 spiro atoms. The minimum atomic E-state index is 0.701. The molecule has 102 valence electrons. The minimum absolute atomic E-state index is 0.701. The number of rotatable bonds is 8. The molecule has 2 nitrogen and oxygen atoms in total. The quantitative estimate of drug-likeness (QED) is 0.723. The van der Waals surface area contributed by atoms with Crippen LogP contribution in [0.4, 0.5) is 0 Å². The molecule has 1 heterocycles. The normalized spacial score (nSPS) is 19.8. The van der Waals surface area contributed by atoms with Crippen LogP contribution in [-0.4, -0.2) is 37.3 Å². The van der Waals surface area contributed by atoms with E-state index in [1.807, 2.05) is 0 Å². The summed E-state index contributed by atoms with van der Waals surface area (Å²) in [4.78, 5) is 0. The van der Waals surface area contributed by atoms with Crippen molar-refractivity contribution in [3.8, 4) is 0 Å². The van der Waals surface area contributed by atoms with Crippen molar-refractivity contribution in [3.05, 3.63) is 0 Å². The van der Waals surface area contributed by atoms with Crippen molar-refractivity contribution in [2.75, 3.05) is 31.3 Å². The van der Waals surface area contributed by atoms with Crippen LogP contribution in [0.15, 0.2) is 0 Å². The van der Waals surface area contributed by atoms with E-state index in [2.05, 4.69) is 37.8 Å². The first-order valence-corrected chi connectivity index (χ1v) is 8.26. The first-order valence-electron chi connectivity index (χ1n) is 7.11. The maximum atomic E-state index is 5.43. The maximum Gasteiger partial charge on any atom is 0.0468 e. The Morgan fingerprint density at radius 2 is 1.94 bits per heavy atom. The highest BCUT2D eigenvalue weighted by Gasteiger charge is 2.18. The van der Waals surface area contributed by atoms with Crippen LogP contribution in [0.1, 0.15) is 40.0 Å². The van der Waals surface area contributed by atoms with Gasteiger partial charge >= 0.3 is 0 Å². The van der Waals surface area contributed by atoms with Crippen molar-refractivity contribution in [2.45, 2.75) is 46.1 Å². The van der Waals surface area contributed by atoms with E-state index in [1.165, 1.54) is 30.8 Å². The first kappa shape index (κ1) is 15.3. The van der Waals surface area contributed by atoms with Crippen LogP contribution in [0.25, 0.3) is 0 Å². The molecule has 0 amide bonds. The average Bonchev–Trinajstić information content (AvgIpc) is 2.30. The third kappa shape index (κ3) is 7.32. The fraction of sp³-hybridized carbons (Fsp3) is 1.00. The summed E-state index contributed by atoms with van der Waals surface area (Å²) >= 11 is 2.10. The van der Waals surface area contributed by atoms with Gasteiger partial charge in [-0.25, -0.2) is 0 Å². The number of hydrogen-bond donors (Lipinski definition) is 1. The molecule has 0 bridgehead atoms. The molecule has 1 aliphatic heterocycles. The number of ether oxygens (including phenoxy) is 1. The van der Waals surface area contributed by atoms with Gasteiger partial charge in [-0.1, -0.05) is 20.8 Å². The van der Waals surface area contributed by atoms with Crippen LogP contribution in [0.2, 0.25) is 0 Å². The molecule has 0 radical (unpaired) electrons. The maximum absolute atomic E-state index is 5.43. The predicted octanol–water partition coefficient (Wildman–Crippen LogP) is 3.17. The van der Waals surface area contributed by atoms with Gasteiger partial charge in [-0.05, 0) is 43.4 Å². The zero-order valence-corrected chi connectivity index (χ0v) is 12.5. The summed E-state index contributed by atoms with van der Waals surface area (Å²) in [5.41, 5.74) is 0. The lowest BCUT2D eigenvalue weighted by molar-refractivity contribution is 0.0614. The van der Waals surface area contributed by atoms with E-state index < -0.39 is 0 Å². The van der Waals surface area contributed by atoms with E-state index in [4.69, 9.17) is 4.74 Å². The summed E-state index contributed by atoms with van der Waals surface area (Å²) in [6.45, 7) is 9.85. The monoisotopic (exact) mass is 259 g/mol. The van der Waals surface area contributed by atoms with Gasteiger partial charge in [0.15, 0.2) is 0 Å². The molecule has 0 aromatic heterocycles. The van der Waals surface area contributed by atoms with Gasteiger partial charge in [0.1, 0.15) is 0 Å². The summed E-state index contributed by atoms with van der Waals surface area (Å²) in [5, 5.41) is 3.64. The molecular weight excluding hydrogens is 230 g/mol. The van der Waals surface area contributed by atoms with Gasteiger partial charge in [0.05, 0.1) is 0 Å². The summed E-state index contributed by atoms with van der Waals surface area (Å²) in [6.07, 6.45) is 3.86. The smallest absolute Gasteiger partial charge is 0.0468 e. The highest BCUT2D eigenvalue weighted by Crippen LogP contribution is 2.22. The number of hydrogen-bond acceptors (Lipinski definition) is 3. The molecule has 1 aliphatic rings. The fourth-order valence-corrected chi connectivity index (χ4v) is 3.48. The van der Waals surface area contributed by atoms with Gasteiger partial charge in [-0.2, -0.15) is 11.8 Å². The van der Waals surface area contributed by atoms with E-state index in [0.29, 0.717) is 6.04 Å². The summed E-state index contributed by atoms with van der Waals surface area (Å²) in [7, 11) is 0. The second kappa shape index (κ2) is 9.23. The third-order valence-corrected chi connectivity index (χ3v) is 4.76. The molecule has 0 saturated carbocycles. The van der Waals surface area contributed by atoms with Gasteiger partial charge in [0.25, 0.3) is 0 Å². The first-order chi connectivity index (χ1) is 8.22. The van der Waals surface area contributed by atoms with Crippen LogP contribution in [0, 0.1) is 11.8 Å². The molecule has 1 atom stereocenters. The molecule has 0 aromatic rings. The molecule has 1 rings (SSSR count). The van der Waals surface area contributed by atoms with Crippen LogP contribution < -0.4 is 5.32 Å². The molecule has 17 heavy (non-hydrogen) atoms. The second-order valence-corrected chi connectivity index (χ2v) is 6.55.